The Morgan fingerprint density at radius 1 is 1.31 bits per heavy atom. The number of hydrogen-bond donors (Lipinski definition) is 0. The van der Waals surface area contributed by atoms with E-state index < -0.39 is 0 Å². The molecule has 3 rings (SSSR count). The summed E-state index contributed by atoms with van der Waals surface area (Å²) in [5.41, 5.74) is 1.67. The van der Waals surface area contributed by atoms with Crippen LogP contribution in [0.15, 0.2) is 41.2 Å². The molecule has 0 radical (unpaired) electrons. The average molecular weight is 214 g/mol. The van der Waals surface area contributed by atoms with Crippen molar-refractivity contribution < 1.29 is 13.9 Å². The van der Waals surface area contributed by atoms with Crippen molar-refractivity contribution in [1.29, 1.82) is 0 Å². The molecule has 1 aliphatic rings. The maximum Gasteiger partial charge on any atom is 0.142 e. The molecule has 0 unspecified atom stereocenters. The standard InChI is InChI=1S/C13H10O3/c1-8-3-4-9-12(16-8)7-11-10(5-6-15-11)13(9)14-2/h3-7H,1H2,2H3. The van der Waals surface area contributed by atoms with Crippen molar-refractivity contribution in [3.05, 3.63) is 42.4 Å². The number of methoxy groups -OCH3 is 1. The van der Waals surface area contributed by atoms with Gasteiger partial charge in [0.05, 0.1) is 24.3 Å². The van der Waals surface area contributed by atoms with Crippen LogP contribution >= 0.6 is 0 Å². The van der Waals surface area contributed by atoms with Gasteiger partial charge in [-0.2, -0.15) is 0 Å². The lowest BCUT2D eigenvalue weighted by Gasteiger charge is -2.16. The van der Waals surface area contributed by atoms with E-state index in [9.17, 15) is 0 Å². The SMILES string of the molecule is C=C1C=Cc2c(cc3occc3c2OC)O1. The van der Waals surface area contributed by atoms with Crippen LogP contribution in [0.4, 0.5) is 0 Å². The third-order valence-corrected chi connectivity index (χ3v) is 2.59. The maximum atomic E-state index is 5.53. The van der Waals surface area contributed by atoms with E-state index in [4.69, 9.17) is 13.9 Å². The largest absolute Gasteiger partial charge is 0.495 e. The molecule has 2 heterocycles. The lowest BCUT2D eigenvalue weighted by Crippen LogP contribution is -1.99. The lowest BCUT2D eigenvalue weighted by atomic mass is 10.1. The monoisotopic (exact) mass is 214 g/mol. The topological polar surface area (TPSA) is 31.6 Å². The zero-order chi connectivity index (χ0) is 11.1. The molecule has 0 saturated heterocycles. The molecule has 1 aliphatic heterocycles. The molecule has 0 atom stereocenters. The number of allylic oxidation sites excluding steroid dienone is 1. The molecule has 0 spiro atoms. The number of fused-ring (bicyclic) bond motifs is 2. The molecule has 0 aliphatic carbocycles. The first-order valence-corrected chi connectivity index (χ1v) is 4.92. The Bertz CT molecular complexity index is 605. The normalized spacial score (nSPS) is 13.7. The molecule has 1 aromatic heterocycles. The van der Waals surface area contributed by atoms with Crippen LogP contribution in [0, 0.1) is 0 Å². The molecule has 0 amide bonds. The zero-order valence-electron chi connectivity index (χ0n) is 8.82. The van der Waals surface area contributed by atoms with E-state index in [2.05, 4.69) is 6.58 Å². The lowest BCUT2D eigenvalue weighted by molar-refractivity contribution is 0.405. The van der Waals surface area contributed by atoms with Gasteiger partial charge >= 0.3 is 0 Å². The van der Waals surface area contributed by atoms with Crippen molar-refractivity contribution in [3.63, 3.8) is 0 Å². The molecule has 0 N–H and O–H groups in total. The number of benzene rings is 1. The van der Waals surface area contributed by atoms with E-state index in [1.54, 1.807) is 13.4 Å². The summed E-state index contributed by atoms with van der Waals surface area (Å²) in [4.78, 5) is 0. The average Bonchev–Trinajstić information content (AvgIpc) is 2.73. The fourth-order valence-corrected chi connectivity index (χ4v) is 1.89. The molecule has 3 nitrogen and oxygen atoms in total. The van der Waals surface area contributed by atoms with Crippen LogP contribution in [0.3, 0.4) is 0 Å². The van der Waals surface area contributed by atoms with Gasteiger partial charge in [0.25, 0.3) is 0 Å². The van der Waals surface area contributed by atoms with E-state index >= 15 is 0 Å². The first-order valence-electron chi connectivity index (χ1n) is 4.92. The molecule has 0 bridgehead atoms. The fraction of sp³-hybridized carbons (Fsp3) is 0.0769. The van der Waals surface area contributed by atoms with Crippen LogP contribution in [0.25, 0.3) is 17.0 Å². The van der Waals surface area contributed by atoms with E-state index in [0.29, 0.717) is 11.5 Å². The predicted octanol–water partition coefficient (Wildman–Crippen LogP) is 3.36. The van der Waals surface area contributed by atoms with Crippen LogP contribution < -0.4 is 9.47 Å². The molecule has 2 aromatic rings. The minimum atomic E-state index is 0.612. The van der Waals surface area contributed by atoms with Crippen molar-refractivity contribution in [2.45, 2.75) is 0 Å². The first kappa shape index (κ1) is 9.09. The molecule has 80 valence electrons. The summed E-state index contributed by atoms with van der Waals surface area (Å²) in [5, 5.41) is 0.946. The van der Waals surface area contributed by atoms with Crippen molar-refractivity contribution in [1.82, 2.24) is 0 Å². The smallest absolute Gasteiger partial charge is 0.142 e. The Labute approximate surface area is 92.6 Å². The zero-order valence-corrected chi connectivity index (χ0v) is 8.82. The van der Waals surface area contributed by atoms with Gasteiger partial charge in [0.2, 0.25) is 0 Å². The molecule has 0 saturated carbocycles. The van der Waals surface area contributed by atoms with Gasteiger partial charge in [-0.15, -0.1) is 0 Å². The second-order valence-corrected chi connectivity index (χ2v) is 3.56. The van der Waals surface area contributed by atoms with Crippen LogP contribution in [-0.4, -0.2) is 7.11 Å². The summed E-state index contributed by atoms with van der Waals surface area (Å²) < 4.78 is 16.3. The van der Waals surface area contributed by atoms with Gasteiger partial charge in [-0.25, -0.2) is 0 Å². The number of rotatable bonds is 1. The van der Waals surface area contributed by atoms with Gasteiger partial charge < -0.3 is 13.9 Å². The Balaban J connectivity index is 2.38. The maximum absolute atomic E-state index is 5.53. The van der Waals surface area contributed by atoms with Gasteiger partial charge in [-0.05, 0) is 18.2 Å². The third kappa shape index (κ3) is 1.15. The molecule has 1 aromatic carbocycles. The van der Waals surface area contributed by atoms with Gasteiger partial charge in [0, 0.05) is 6.07 Å². The van der Waals surface area contributed by atoms with E-state index in [1.807, 2.05) is 24.3 Å². The molecular weight excluding hydrogens is 204 g/mol. The summed E-state index contributed by atoms with van der Waals surface area (Å²) >= 11 is 0. The van der Waals surface area contributed by atoms with Crippen LogP contribution in [-0.2, 0) is 0 Å². The fourth-order valence-electron chi connectivity index (χ4n) is 1.89. The van der Waals surface area contributed by atoms with Crippen molar-refractivity contribution in [3.8, 4) is 11.5 Å². The molecule has 16 heavy (non-hydrogen) atoms. The Morgan fingerprint density at radius 3 is 3.00 bits per heavy atom. The summed E-state index contributed by atoms with van der Waals surface area (Å²) in [6.45, 7) is 3.76. The summed E-state index contributed by atoms with van der Waals surface area (Å²) in [5.74, 6) is 2.09. The second-order valence-electron chi connectivity index (χ2n) is 3.56. The minimum Gasteiger partial charge on any atom is -0.495 e. The first-order chi connectivity index (χ1) is 7.79. The van der Waals surface area contributed by atoms with E-state index in [0.717, 1.165) is 22.3 Å². The van der Waals surface area contributed by atoms with Gasteiger partial charge in [0.1, 0.15) is 22.8 Å². The summed E-state index contributed by atoms with van der Waals surface area (Å²) in [6.07, 6.45) is 5.39. The summed E-state index contributed by atoms with van der Waals surface area (Å²) in [6, 6.07) is 3.73. The van der Waals surface area contributed by atoms with Crippen molar-refractivity contribution in [2.24, 2.45) is 0 Å². The molecule has 0 fully saturated rings. The van der Waals surface area contributed by atoms with Gasteiger partial charge in [0.15, 0.2) is 0 Å². The highest BCUT2D eigenvalue weighted by molar-refractivity contribution is 5.91. The van der Waals surface area contributed by atoms with Gasteiger partial charge in [-0.3, -0.25) is 0 Å². The Hall–Kier alpha value is -2.16. The predicted molar refractivity (Wildman–Crippen MR) is 61.6 cm³/mol. The molecule has 3 heteroatoms. The van der Waals surface area contributed by atoms with Crippen LogP contribution in [0.1, 0.15) is 5.56 Å². The summed E-state index contributed by atoms with van der Waals surface area (Å²) in [7, 11) is 1.64. The molecular formula is C13H10O3. The number of furan rings is 1. The van der Waals surface area contributed by atoms with Crippen molar-refractivity contribution in [2.75, 3.05) is 7.11 Å². The second kappa shape index (κ2) is 3.17. The highest BCUT2D eigenvalue weighted by atomic mass is 16.5. The quantitative estimate of drug-likeness (QED) is 0.729. The highest BCUT2D eigenvalue weighted by Crippen LogP contribution is 2.40. The van der Waals surface area contributed by atoms with Crippen LogP contribution in [0.2, 0.25) is 0 Å². The third-order valence-electron chi connectivity index (χ3n) is 2.59. The van der Waals surface area contributed by atoms with E-state index in [-0.39, 0.29) is 0 Å². The number of ether oxygens (including phenoxy) is 2. The van der Waals surface area contributed by atoms with Gasteiger partial charge in [-0.1, -0.05) is 6.58 Å². The number of hydrogen-bond acceptors (Lipinski definition) is 3. The van der Waals surface area contributed by atoms with E-state index in [1.165, 1.54) is 0 Å². The highest BCUT2D eigenvalue weighted by Gasteiger charge is 2.18. The minimum absolute atomic E-state index is 0.612. The van der Waals surface area contributed by atoms with Crippen LogP contribution in [0.5, 0.6) is 11.5 Å². The Kier molecular flexibility index (Phi) is 1.80. The Morgan fingerprint density at radius 2 is 2.19 bits per heavy atom. The van der Waals surface area contributed by atoms with Crippen molar-refractivity contribution >= 4 is 17.0 Å².